The first-order chi connectivity index (χ1) is 8.52. The van der Waals surface area contributed by atoms with Gasteiger partial charge in [0, 0.05) is 13.0 Å². The lowest BCUT2D eigenvalue weighted by atomic mass is 10.0. The van der Waals surface area contributed by atoms with Crippen LogP contribution in [0.5, 0.6) is 0 Å². The van der Waals surface area contributed by atoms with Crippen LogP contribution in [-0.4, -0.2) is 19.0 Å². The van der Waals surface area contributed by atoms with Crippen LogP contribution in [0.15, 0.2) is 18.2 Å². The zero-order valence-corrected chi connectivity index (χ0v) is 12.8. The molecule has 0 spiro atoms. The van der Waals surface area contributed by atoms with Crippen LogP contribution >= 0.6 is 12.4 Å². The summed E-state index contributed by atoms with van der Waals surface area (Å²) in [6, 6.07) is 6.36. The minimum atomic E-state index is 0. The van der Waals surface area contributed by atoms with Crippen LogP contribution in [0.25, 0.3) is 0 Å². The second kappa shape index (κ2) is 8.94. The van der Waals surface area contributed by atoms with E-state index in [-0.39, 0.29) is 18.3 Å². The molecule has 0 bridgehead atoms. The lowest BCUT2D eigenvalue weighted by molar-refractivity contribution is -0.121. The normalized spacial score (nSPS) is 11.6. The monoisotopic (exact) mass is 284 g/mol. The molecule has 1 atom stereocenters. The molecular weight excluding hydrogens is 260 g/mol. The third-order valence-corrected chi connectivity index (χ3v) is 3.17. The number of nitrogens with one attached hydrogen (secondary N) is 1. The van der Waals surface area contributed by atoms with E-state index in [1.807, 2.05) is 6.92 Å². The Hall–Kier alpha value is -1.06. The number of aryl methyl sites for hydroxylation is 3. The molecule has 0 aliphatic rings. The van der Waals surface area contributed by atoms with Crippen molar-refractivity contribution in [3.05, 3.63) is 34.9 Å². The van der Waals surface area contributed by atoms with Crippen molar-refractivity contribution < 1.29 is 4.79 Å². The predicted molar refractivity (Wildman–Crippen MR) is 82.7 cm³/mol. The number of nitrogens with two attached hydrogens (primary N) is 1. The highest BCUT2D eigenvalue weighted by Crippen LogP contribution is 2.12. The molecule has 0 radical (unpaired) electrons. The number of benzene rings is 1. The Balaban J connectivity index is 0.00000324. The molecule has 0 saturated carbocycles. The molecule has 1 unspecified atom stereocenters. The van der Waals surface area contributed by atoms with E-state index in [4.69, 9.17) is 5.73 Å². The average molecular weight is 285 g/mol. The van der Waals surface area contributed by atoms with Gasteiger partial charge in [0.2, 0.25) is 5.91 Å². The van der Waals surface area contributed by atoms with E-state index in [9.17, 15) is 4.79 Å². The molecule has 4 heteroatoms. The van der Waals surface area contributed by atoms with Crippen molar-refractivity contribution in [3.63, 3.8) is 0 Å². The maximum absolute atomic E-state index is 11.7. The molecule has 0 aliphatic carbocycles. The Labute approximate surface area is 122 Å². The summed E-state index contributed by atoms with van der Waals surface area (Å²) in [5.41, 5.74) is 9.28. The molecule has 3 nitrogen and oxygen atoms in total. The van der Waals surface area contributed by atoms with Gasteiger partial charge in [-0.2, -0.15) is 0 Å². The van der Waals surface area contributed by atoms with Crippen molar-refractivity contribution in [1.29, 1.82) is 0 Å². The van der Waals surface area contributed by atoms with Gasteiger partial charge in [-0.3, -0.25) is 4.79 Å². The number of amides is 1. The minimum absolute atomic E-state index is 0. The molecule has 1 amide bonds. The van der Waals surface area contributed by atoms with Crippen LogP contribution in [0.1, 0.15) is 30.0 Å². The lowest BCUT2D eigenvalue weighted by Crippen LogP contribution is -2.31. The van der Waals surface area contributed by atoms with E-state index in [2.05, 4.69) is 37.4 Å². The smallest absolute Gasteiger partial charge is 0.220 e. The van der Waals surface area contributed by atoms with Gasteiger partial charge in [-0.15, -0.1) is 12.4 Å². The number of rotatable bonds is 6. The number of halogens is 1. The van der Waals surface area contributed by atoms with Gasteiger partial charge in [-0.25, -0.2) is 0 Å². The van der Waals surface area contributed by atoms with Gasteiger partial charge >= 0.3 is 0 Å². The van der Waals surface area contributed by atoms with E-state index in [1.54, 1.807) is 0 Å². The Kier molecular flexibility index (Phi) is 8.44. The topological polar surface area (TPSA) is 55.1 Å². The highest BCUT2D eigenvalue weighted by molar-refractivity contribution is 5.85. The Morgan fingerprint density at radius 3 is 2.63 bits per heavy atom. The number of hydrogen-bond donors (Lipinski definition) is 2. The molecule has 19 heavy (non-hydrogen) atoms. The summed E-state index contributed by atoms with van der Waals surface area (Å²) in [5, 5.41) is 2.92. The number of carbonyl (C=O) groups is 1. The maximum Gasteiger partial charge on any atom is 0.220 e. The van der Waals surface area contributed by atoms with E-state index in [1.165, 1.54) is 16.7 Å². The molecule has 108 valence electrons. The van der Waals surface area contributed by atoms with Gasteiger partial charge in [0.25, 0.3) is 0 Å². The van der Waals surface area contributed by atoms with Crippen molar-refractivity contribution in [2.75, 3.05) is 13.1 Å². The van der Waals surface area contributed by atoms with E-state index in [0.29, 0.717) is 25.4 Å². The molecule has 0 heterocycles. The molecule has 1 aromatic carbocycles. The van der Waals surface area contributed by atoms with Gasteiger partial charge in [-0.1, -0.05) is 30.7 Å². The molecule has 0 aromatic heterocycles. The van der Waals surface area contributed by atoms with Gasteiger partial charge in [0.15, 0.2) is 0 Å². The summed E-state index contributed by atoms with van der Waals surface area (Å²) < 4.78 is 0. The second-order valence-electron chi connectivity index (χ2n) is 5.07. The van der Waals surface area contributed by atoms with Crippen molar-refractivity contribution in [2.45, 2.75) is 33.6 Å². The summed E-state index contributed by atoms with van der Waals surface area (Å²) in [4.78, 5) is 11.7. The van der Waals surface area contributed by atoms with Crippen LogP contribution in [0.2, 0.25) is 0 Å². The fourth-order valence-electron chi connectivity index (χ4n) is 1.83. The van der Waals surface area contributed by atoms with E-state index < -0.39 is 0 Å². The number of carbonyl (C=O) groups excluding carboxylic acids is 1. The van der Waals surface area contributed by atoms with Crippen LogP contribution in [-0.2, 0) is 11.2 Å². The van der Waals surface area contributed by atoms with Crippen LogP contribution < -0.4 is 11.1 Å². The maximum atomic E-state index is 11.7. The fourth-order valence-corrected chi connectivity index (χ4v) is 1.83. The zero-order valence-electron chi connectivity index (χ0n) is 12.0. The summed E-state index contributed by atoms with van der Waals surface area (Å²) in [7, 11) is 0. The molecular formula is C15H25ClN2O. The Morgan fingerprint density at radius 2 is 2.05 bits per heavy atom. The summed E-state index contributed by atoms with van der Waals surface area (Å²) in [6.45, 7) is 7.48. The SMILES string of the molecule is Cc1ccc(CCC(=O)NCC(C)CN)c(C)c1.Cl. The predicted octanol–water partition coefficient (Wildman–Crippen LogP) is 2.37. The second-order valence-corrected chi connectivity index (χ2v) is 5.07. The Morgan fingerprint density at radius 1 is 1.37 bits per heavy atom. The van der Waals surface area contributed by atoms with Gasteiger partial charge < -0.3 is 11.1 Å². The van der Waals surface area contributed by atoms with Crippen molar-refractivity contribution >= 4 is 18.3 Å². The zero-order chi connectivity index (χ0) is 13.5. The minimum Gasteiger partial charge on any atom is -0.356 e. The third-order valence-electron chi connectivity index (χ3n) is 3.17. The van der Waals surface area contributed by atoms with Crippen molar-refractivity contribution in [3.8, 4) is 0 Å². The van der Waals surface area contributed by atoms with Crippen molar-refractivity contribution in [1.82, 2.24) is 5.32 Å². The van der Waals surface area contributed by atoms with Gasteiger partial charge in [0.05, 0.1) is 0 Å². The first-order valence-corrected chi connectivity index (χ1v) is 6.55. The van der Waals surface area contributed by atoms with Crippen LogP contribution in [0, 0.1) is 19.8 Å². The largest absolute Gasteiger partial charge is 0.356 e. The average Bonchev–Trinajstić information content (AvgIpc) is 2.34. The summed E-state index contributed by atoms with van der Waals surface area (Å²) in [5.74, 6) is 0.449. The van der Waals surface area contributed by atoms with E-state index in [0.717, 1.165) is 6.42 Å². The molecule has 1 rings (SSSR count). The summed E-state index contributed by atoms with van der Waals surface area (Å²) >= 11 is 0. The highest BCUT2D eigenvalue weighted by atomic mass is 35.5. The molecule has 3 N–H and O–H groups in total. The third kappa shape index (κ3) is 6.60. The van der Waals surface area contributed by atoms with Crippen molar-refractivity contribution in [2.24, 2.45) is 11.7 Å². The van der Waals surface area contributed by atoms with Gasteiger partial charge in [0.1, 0.15) is 0 Å². The first kappa shape index (κ1) is 17.9. The Bertz CT molecular complexity index is 407. The van der Waals surface area contributed by atoms with E-state index >= 15 is 0 Å². The first-order valence-electron chi connectivity index (χ1n) is 6.55. The van der Waals surface area contributed by atoms with Crippen LogP contribution in [0.4, 0.5) is 0 Å². The lowest BCUT2D eigenvalue weighted by Gasteiger charge is -2.11. The standard InChI is InChI=1S/C15H24N2O.ClH/c1-11-4-5-14(13(3)8-11)6-7-15(18)17-10-12(2)9-16;/h4-5,8,12H,6-7,9-10,16H2,1-3H3,(H,17,18);1H. The molecule has 0 fully saturated rings. The quantitative estimate of drug-likeness (QED) is 0.843. The van der Waals surface area contributed by atoms with Gasteiger partial charge in [-0.05, 0) is 43.9 Å². The number of hydrogen-bond acceptors (Lipinski definition) is 2. The summed E-state index contributed by atoms with van der Waals surface area (Å²) in [6.07, 6.45) is 1.34. The molecule has 0 saturated heterocycles. The fraction of sp³-hybridized carbons (Fsp3) is 0.533. The van der Waals surface area contributed by atoms with Crippen LogP contribution in [0.3, 0.4) is 0 Å². The highest BCUT2D eigenvalue weighted by Gasteiger charge is 2.06. The molecule has 0 aliphatic heterocycles. The molecule has 1 aromatic rings.